The third-order valence-corrected chi connectivity index (χ3v) is 3.22. The minimum atomic E-state index is -4.13. The first-order valence-electron chi connectivity index (χ1n) is 5.90. The average molecular weight is 295 g/mol. The standard InChI is InChI=1S/C11H14ClF3N4/c12-7-9-1-2-10(17-16-9)19-5-3-18(4-6-19)8-11(13,14)15/h1-2H,3-8H2. The van der Waals surface area contributed by atoms with E-state index in [-0.39, 0.29) is 0 Å². The van der Waals surface area contributed by atoms with E-state index in [9.17, 15) is 13.2 Å². The predicted molar refractivity (Wildman–Crippen MR) is 66.3 cm³/mol. The zero-order valence-electron chi connectivity index (χ0n) is 10.2. The highest BCUT2D eigenvalue weighted by Crippen LogP contribution is 2.19. The van der Waals surface area contributed by atoms with Crippen molar-refractivity contribution in [3.8, 4) is 0 Å². The van der Waals surface area contributed by atoms with Gasteiger partial charge in [-0.05, 0) is 12.1 Å². The van der Waals surface area contributed by atoms with Gasteiger partial charge >= 0.3 is 6.18 Å². The smallest absolute Gasteiger partial charge is 0.353 e. The van der Waals surface area contributed by atoms with Crippen LogP contribution in [0.3, 0.4) is 0 Å². The van der Waals surface area contributed by atoms with Crippen LogP contribution in [0.1, 0.15) is 5.69 Å². The van der Waals surface area contributed by atoms with Crippen LogP contribution in [-0.2, 0) is 5.88 Å². The van der Waals surface area contributed by atoms with Crippen molar-refractivity contribution in [2.24, 2.45) is 0 Å². The molecule has 0 saturated carbocycles. The van der Waals surface area contributed by atoms with Crippen LogP contribution < -0.4 is 4.90 Å². The molecule has 0 unspecified atom stereocenters. The summed E-state index contributed by atoms with van der Waals surface area (Å²) >= 11 is 5.62. The Morgan fingerprint density at radius 1 is 1.11 bits per heavy atom. The molecule has 1 aromatic heterocycles. The van der Waals surface area contributed by atoms with E-state index in [1.165, 1.54) is 4.90 Å². The molecular formula is C11H14ClF3N4. The van der Waals surface area contributed by atoms with Gasteiger partial charge in [0, 0.05) is 26.2 Å². The van der Waals surface area contributed by atoms with E-state index in [0.29, 0.717) is 43.6 Å². The summed E-state index contributed by atoms with van der Waals surface area (Å²) in [5.41, 5.74) is 0.682. The maximum absolute atomic E-state index is 12.3. The summed E-state index contributed by atoms with van der Waals surface area (Å²) in [4.78, 5) is 3.33. The molecule has 0 aromatic carbocycles. The molecule has 4 nitrogen and oxygen atoms in total. The molecule has 0 radical (unpaired) electrons. The van der Waals surface area contributed by atoms with E-state index in [1.54, 1.807) is 12.1 Å². The first-order chi connectivity index (χ1) is 8.98. The number of anilines is 1. The molecule has 8 heteroatoms. The molecule has 2 heterocycles. The molecular weight excluding hydrogens is 281 g/mol. The fraction of sp³-hybridized carbons (Fsp3) is 0.636. The van der Waals surface area contributed by atoms with Crippen molar-refractivity contribution in [1.82, 2.24) is 15.1 Å². The lowest BCUT2D eigenvalue weighted by Gasteiger charge is -2.35. The quantitative estimate of drug-likeness (QED) is 0.797. The molecule has 1 saturated heterocycles. The highest BCUT2D eigenvalue weighted by Gasteiger charge is 2.32. The van der Waals surface area contributed by atoms with Crippen LogP contribution in [0.4, 0.5) is 19.0 Å². The summed E-state index contributed by atoms with van der Waals surface area (Å²) in [6, 6.07) is 3.57. The summed E-state index contributed by atoms with van der Waals surface area (Å²) in [6.07, 6.45) is -4.13. The van der Waals surface area contributed by atoms with E-state index in [2.05, 4.69) is 10.2 Å². The van der Waals surface area contributed by atoms with E-state index in [0.717, 1.165) is 0 Å². The van der Waals surface area contributed by atoms with Crippen molar-refractivity contribution in [2.75, 3.05) is 37.6 Å². The first kappa shape index (κ1) is 14.3. The number of piperazine rings is 1. The number of alkyl halides is 4. The number of hydrogen-bond donors (Lipinski definition) is 0. The van der Waals surface area contributed by atoms with E-state index >= 15 is 0 Å². The maximum Gasteiger partial charge on any atom is 0.401 e. The van der Waals surface area contributed by atoms with Crippen molar-refractivity contribution in [2.45, 2.75) is 12.1 Å². The van der Waals surface area contributed by atoms with Crippen molar-refractivity contribution in [1.29, 1.82) is 0 Å². The molecule has 2 rings (SSSR count). The minimum Gasteiger partial charge on any atom is -0.353 e. The van der Waals surface area contributed by atoms with Crippen LogP contribution in [0.2, 0.25) is 0 Å². The normalized spacial score (nSPS) is 17.8. The third-order valence-electron chi connectivity index (χ3n) is 2.94. The molecule has 1 fully saturated rings. The van der Waals surface area contributed by atoms with Crippen LogP contribution in [0.25, 0.3) is 0 Å². The second-order valence-corrected chi connectivity index (χ2v) is 4.66. The topological polar surface area (TPSA) is 32.3 Å². The van der Waals surface area contributed by atoms with E-state index in [1.807, 2.05) is 4.90 Å². The van der Waals surface area contributed by atoms with Gasteiger partial charge in [0.2, 0.25) is 0 Å². The Morgan fingerprint density at radius 3 is 2.26 bits per heavy atom. The fourth-order valence-electron chi connectivity index (χ4n) is 1.98. The maximum atomic E-state index is 12.3. The summed E-state index contributed by atoms with van der Waals surface area (Å²) in [5, 5.41) is 7.96. The Balaban J connectivity index is 1.88. The number of nitrogens with zero attached hydrogens (tertiary/aromatic N) is 4. The van der Waals surface area contributed by atoms with Crippen LogP contribution in [-0.4, -0.2) is 54.0 Å². The molecule has 106 valence electrons. The molecule has 1 aromatic rings. The van der Waals surface area contributed by atoms with Crippen molar-refractivity contribution in [3.63, 3.8) is 0 Å². The Bertz CT molecular complexity index is 401. The summed E-state index contributed by atoms with van der Waals surface area (Å²) in [5.74, 6) is 0.979. The number of hydrogen-bond acceptors (Lipinski definition) is 4. The number of rotatable bonds is 3. The highest BCUT2D eigenvalue weighted by molar-refractivity contribution is 6.16. The Morgan fingerprint density at radius 2 is 1.79 bits per heavy atom. The Hall–Kier alpha value is -1.08. The monoisotopic (exact) mass is 294 g/mol. The van der Waals surface area contributed by atoms with Crippen molar-refractivity contribution < 1.29 is 13.2 Å². The van der Waals surface area contributed by atoms with Crippen LogP contribution >= 0.6 is 11.6 Å². The lowest BCUT2D eigenvalue weighted by molar-refractivity contribution is -0.146. The SMILES string of the molecule is FC(F)(F)CN1CCN(c2ccc(CCl)nn2)CC1. The summed E-state index contributed by atoms with van der Waals surface area (Å²) < 4.78 is 36.8. The zero-order chi connectivity index (χ0) is 13.9. The van der Waals surface area contributed by atoms with E-state index in [4.69, 9.17) is 11.6 Å². The van der Waals surface area contributed by atoms with Gasteiger partial charge in [-0.1, -0.05) is 0 Å². The van der Waals surface area contributed by atoms with Crippen LogP contribution in [0, 0.1) is 0 Å². The van der Waals surface area contributed by atoms with Gasteiger partial charge in [0.05, 0.1) is 18.1 Å². The van der Waals surface area contributed by atoms with Crippen molar-refractivity contribution in [3.05, 3.63) is 17.8 Å². The van der Waals surface area contributed by atoms with Gasteiger partial charge in [0.1, 0.15) is 0 Å². The van der Waals surface area contributed by atoms with Gasteiger partial charge in [-0.15, -0.1) is 16.7 Å². The Labute approximate surface area is 114 Å². The second-order valence-electron chi connectivity index (χ2n) is 4.39. The summed E-state index contributed by atoms with van der Waals surface area (Å²) in [6.45, 7) is 0.935. The third kappa shape index (κ3) is 4.21. The molecule has 0 amide bonds. The molecule has 1 aliphatic rings. The lowest BCUT2D eigenvalue weighted by Crippen LogP contribution is -2.49. The second kappa shape index (κ2) is 5.92. The first-order valence-corrected chi connectivity index (χ1v) is 6.44. The van der Waals surface area contributed by atoms with Gasteiger partial charge in [-0.2, -0.15) is 18.3 Å². The van der Waals surface area contributed by atoms with Crippen molar-refractivity contribution >= 4 is 17.4 Å². The van der Waals surface area contributed by atoms with Gasteiger partial charge in [-0.3, -0.25) is 4.90 Å². The molecule has 19 heavy (non-hydrogen) atoms. The van der Waals surface area contributed by atoms with Crippen LogP contribution in [0.5, 0.6) is 0 Å². The molecule has 0 spiro atoms. The number of aromatic nitrogens is 2. The van der Waals surface area contributed by atoms with Gasteiger partial charge in [0.15, 0.2) is 5.82 Å². The molecule has 0 atom stereocenters. The molecule has 0 aliphatic carbocycles. The molecule has 0 bridgehead atoms. The highest BCUT2D eigenvalue weighted by atomic mass is 35.5. The van der Waals surface area contributed by atoms with Gasteiger partial charge in [-0.25, -0.2) is 0 Å². The minimum absolute atomic E-state index is 0.298. The van der Waals surface area contributed by atoms with E-state index < -0.39 is 12.7 Å². The molecule has 0 N–H and O–H groups in total. The lowest BCUT2D eigenvalue weighted by atomic mass is 10.3. The summed E-state index contributed by atoms with van der Waals surface area (Å²) in [7, 11) is 0. The van der Waals surface area contributed by atoms with Crippen LogP contribution in [0.15, 0.2) is 12.1 Å². The zero-order valence-corrected chi connectivity index (χ0v) is 11.0. The predicted octanol–water partition coefficient (Wildman–Crippen LogP) is 1.90. The average Bonchev–Trinajstić information content (AvgIpc) is 2.38. The van der Waals surface area contributed by atoms with Gasteiger partial charge < -0.3 is 4.90 Å². The largest absolute Gasteiger partial charge is 0.401 e. The fourth-order valence-corrected chi connectivity index (χ4v) is 2.12. The van der Waals surface area contributed by atoms with Gasteiger partial charge in [0.25, 0.3) is 0 Å². The number of halogens is 4. The Kier molecular flexibility index (Phi) is 4.46. The molecule has 1 aliphatic heterocycles.